The molecule has 0 aromatic carbocycles. The first-order valence-corrected chi connectivity index (χ1v) is 10.3. The number of thiazole rings is 1. The Hall–Kier alpha value is -2.89. The highest BCUT2D eigenvalue weighted by Crippen LogP contribution is 2.32. The van der Waals surface area contributed by atoms with Crippen LogP contribution in [0, 0.1) is 0 Å². The lowest BCUT2D eigenvalue weighted by Crippen LogP contribution is -2.32. The number of pyridine rings is 1. The van der Waals surface area contributed by atoms with Gasteiger partial charge in [0.2, 0.25) is 0 Å². The number of alkyl halides is 1. The van der Waals surface area contributed by atoms with Gasteiger partial charge >= 0.3 is 0 Å². The molecule has 4 rings (SSSR count). The lowest BCUT2D eigenvalue weighted by molar-refractivity contribution is 0.0247. The summed E-state index contributed by atoms with van der Waals surface area (Å²) in [5.74, 6) is -0.437. The third-order valence-corrected chi connectivity index (χ3v) is 5.88. The Morgan fingerprint density at radius 3 is 3.10 bits per heavy atom. The highest BCUT2D eigenvalue weighted by atomic mass is 32.1. The van der Waals surface area contributed by atoms with Crippen molar-refractivity contribution in [2.24, 2.45) is 12.8 Å². The van der Waals surface area contributed by atoms with Gasteiger partial charge in [0.1, 0.15) is 23.0 Å². The van der Waals surface area contributed by atoms with Crippen molar-refractivity contribution < 1.29 is 13.9 Å². The van der Waals surface area contributed by atoms with Gasteiger partial charge in [0.25, 0.3) is 11.5 Å². The van der Waals surface area contributed by atoms with Gasteiger partial charge in [-0.05, 0) is 25.0 Å². The summed E-state index contributed by atoms with van der Waals surface area (Å²) in [5, 5.41) is 9.04. The van der Waals surface area contributed by atoms with E-state index in [1.165, 1.54) is 23.7 Å². The first-order valence-electron chi connectivity index (χ1n) is 9.42. The van der Waals surface area contributed by atoms with Crippen LogP contribution in [-0.4, -0.2) is 44.5 Å². The number of amides is 1. The summed E-state index contributed by atoms with van der Waals surface area (Å²) in [4.78, 5) is 31.6. The van der Waals surface area contributed by atoms with Gasteiger partial charge in [-0.3, -0.25) is 14.3 Å². The molecule has 3 aromatic heterocycles. The number of aromatic amines is 1. The number of aromatic nitrogens is 4. The summed E-state index contributed by atoms with van der Waals surface area (Å²) in [6.45, 7) is -0.106. The number of hydrogen-bond donors (Lipinski definition) is 3. The average Bonchev–Trinajstić information content (AvgIpc) is 3.32. The molecule has 1 fully saturated rings. The van der Waals surface area contributed by atoms with Crippen molar-refractivity contribution >= 4 is 22.9 Å². The van der Waals surface area contributed by atoms with Crippen LogP contribution in [0.5, 0.6) is 0 Å². The molecule has 0 spiro atoms. The number of H-pyrrole nitrogens is 1. The van der Waals surface area contributed by atoms with E-state index in [1.54, 1.807) is 29.2 Å². The van der Waals surface area contributed by atoms with E-state index >= 15 is 0 Å². The van der Waals surface area contributed by atoms with Crippen LogP contribution in [-0.2, 0) is 11.8 Å². The molecule has 0 aliphatic carbocycles. The topological polar surface area (TPSA) is 128 Å². The second kappa shape index (κ2) is 8.46. The van der Waals surface area contributed by atoms with Crippen molar-refractivity contribution in [3.05, 3.63) is 51.6 Å². The van der Waals surface area contributed by atoms with Crippen LogP contribution in [0.25, 0.3) is 10.6 Å². The van der Waals surface area contributed by atoms with Crippen LogP contribution < -0.4 is 16.6 Å². The van der Waals surface area contributed by atoms with E-state index in [0.717, 1.165) is 0 Å². The average molecular weight is 432 g/mol. The van der Waals surface area contributed by atoms with E-state index in [9.17, 15) is 14.0 Å². The summed E-state index contributed by atoms with van der Waals surface area (Å²) < 4.78 is 21.2. The Morgan fingerprint density at radius 1 is 1.47 bits per heavy atom. The summed E-state index contributed by atoms with van der Waals surface area (Å²) in [6.07, 6.45) is 2.37. The first-order chi connectivity index (χ1) is 14.4. The first kappa shape index (κ1) is 20.4. The Kier molecular flexibility index (Phi) is 5.75. The molecule has 11 heteroatoms. The maximum atomic E-state index is 13.9. The Bertz CT molecular complexity index is 1100. The van der Waals surface area contributed by atoms with Gasteiger partial charge in [-0.15, -0.1) is 11.3 Å². The number of carbonyl (C=O) groups is 1. The maximum absolute atomic E-state index is 13.9. The number of nitrogens with zero attached hydrogens (tertiary/aromatic N) is 3. The quantitative estimate of drug-likeness (QED) is 0.579. The molecule has 3 aromatic rings. The zero-order valence-corrected chi connectivity index (χ0v) is 17.0. The second-order valence-electron chi connectivity index (χ2n) is 7.05. The standard InChI is InChI=1S/C19H21FN6O3S/c1-26-16(15-5-4-12(21)11(20)8-29-15)13(7-23-26)24-18(28)14-9-30-19(25-14)10-3-2-6-22-17(10)27/h2-3,6-7,9,11-12,15H,4-5,8,21H2,1H3,(H,22,27)(H,24,28). The van der Waals surface area contributed by atoms with Crippen molar-refractivity contribution in [1.29, 1.82) is 0 Å². The van der Waals surface area contributed by atoms with Crippen molar-refractivity contribution in [2.75, 3.05) is 11.9 Å². The second-order valence-corrected chi connectivity index (χ2v) is 7.91. The van der Waals surface area contributed by atoms with E-state index in [4.69, 9.17) is 10.5 Å². The third-order valence-electron chi connectivity index (χ3n) is 5.01. The molecule has 4 heterocycles. The number of hydrogen-bond acceptors (Lipinski definition) is 7. The molecule has 1 aliphatic heterocycles. The fourth-order valence-electron chi connectivity index (χ4n) is 3.36. The highest BCUT2D eigenvalue weighted by Gasteiger charge is 2.30. The number of aryl methyl sites for hydroxylation is 1. The fourth-order valence-corrected chi connectivity index (χ4v) is 4.18. The number of anilines is 1. The lowest BCUT2D eigenvalue weighted by Gasteiger charge is -2.17. The number of carbonyl (C=O) groups excluding carboxylic acids is 1. The van der Waals surface area contributed by atoms with Crippen LogP contribution in [0.15, 0.2) is 34.7 Å². The predicted octanol–water partition coefficient (Wildman–Crippen LogP) is 2.00. The molecule has 4 N–H and O–H groups in total. The normalized spacial score (nSPS) is 21.9. The van der Waals surface area contributed by atoms with Crippen molar-refractivity contribution in [3.63, 3.8) is 0 Å². The molecular formula is C19H21FN6O3S. The van der Waals surface area contributed by atoms with Gasteiger partial charge in [0.15, 0.2) is 0 Å². The van der Waals surface area contributed by atoms with Gasteiger partial charge in [-0.2, -0.15) is 5.10 Å². The molecule has 0 bridgehead atoms. The summed E-state index contributed by atoms with van der Waals surface area (Å²) in [5.41, 5.74) is 7.21. The minimum Gasteiger partial charge on any atom is -0.369 e. The third kappa shape index (κ3) is 4.04. The zero-order chi connectivity index (χ0) is 21.3. The van der Waals surface area contributed by atoms with Crippen LogP contribution in [0.4, 0.5) is 10.1 Å². The van der Waals surface area contributed by atoms with E-state index in [-0.39, 0.29) is 17.9 Å². The summed E-state index contributed by atoms with van der Waals surface area (Å²) >= 11 is 1.20. The van der Waals surface area contributed by atoms with E-state index in [1.807, 2.05) is 0 Å². The molecule has 1 amide bonds. The molecule has 158 valence electrons. The Labute approximate surface area is 175 Å². The van der Waals surface area contributed by atoms with Crippen LogP contribution in [0.3, 0.4) is 0 Å². The smallest absolute Gasteiger partial charge is 0.275 e. The van der Waals surface area contributed by atoms with Crippen LogP contribution >= 0.6 is 11.3 Å². The van der Waals surface area contributed by atoms with E-state index < -0.39 is 24.2 Å². The number of ether oxygens (including phenoxy) is 1. The maximum Gasteiger partial charge on any atom is 0.275 e. The van der Waals surface area contributed by atoms with Gasteiger partial charge in [-0.25, -0.2) is 9.37 Å². The van der Waals surface area contributed by atoms with Crippen molar-refractivity contribution in [2.45, 2.75) is 31.2 Å². The molecule has 3 atom stereocenters. The lowest BCUT2D eigenvalue weighted by atomic mass is 10.0. The molecule has 9 nitrogen and oxygen atoms in total. The fraction of sp³-hybridized carbons (Fsp3) is 0.368. The van der Waals surface area contributed by atoms with Gasteiger partial charge in [0.05, 0.1) is 29.7 Å². The molecule has 1 aliphatic rings. The number of halogens is 1. The zero-order valence-electron chi connectivity index (χ0n) is 16.2. The number of nitrogens with one attached hydrogen (secondary N) is 2. The van der Waals surface area contributed by atoms with Crippen molar-refractivity contribution in [1.82, 2.24) is 19.7 Å². The minimum atomic E-state index is -1.23. The molecule has 1 saturated heterocycles. The Balaban J connectivity index is 1.54. The Morgan fingerprint density at radius 2 is 2.30 bits per heavy atom. The van der Waals surface area contributed by atoms with E-state index in [2.05, 4.69) is 20.4 Å². The number of nitrogens with two attached hydrogens (primary N) is 1. The summed E-state index contributed by atoms with van der Waals surface area (Å²) in [7, 11) is 1.73. The largest absolute Gasteiger partial charge is 0.369 e. The minimum absolute atomic E-state index is 0.106. The summed E-state index contributed by atoms with van der Waals surface area (Å²) in [6, 6.07) is 2.77. The molecule has 0 saturated carbocycles. The van der Waals surface area contributed by atoms with Gasteiger partial charge in [0, 0.05) is 24.7 Å². The molecule has 30 heavy (non-hydrogen) atoms. The van der Waals surface area contributed by atoms with Crippen LogP contribution in [0.2, 0.25) is 0 Å². The van der Waals surface area contributed by atoms with Crippen molar-refractivity contribution in [3.8, 4) is 10.6 Å². The number of rotatable bonds is 4. The molecule has 3 unspecified atom stereocenters. The SMILES string of the molecule is Cn1ncc(NC(=O)c2csc(-c3ccc[nH]c3=O)n2)c1C1CCC(N)C(F)CO1. The molecular weight excluding hydrogens is 411 g/mol. The van der Waals surface area contributed by atoms with Crippen LogP contribution in [0.1, 0.15) is 35.1 Å². The predicted molar refractivity (Wildman–Crippen MR) is 110 cm³/mol. The van der Waals surface area contributed by atoms with Gasteiger partial charge < -0.3 is 20.8 Å². The monoisotopic (exact) mass is 432 g/mol. The highest BCUT2D eigenvalue weighted by molar-refractivity contribution is 7.13. The molecule has 0 radical (unpaired) electrons. The van der Waals surface area contributed by atoms with E-state index in [0.29, 0.717) is 34.8 Å². The van der Waals surface area contributed by atoms with Gasteiger partial charge in [-0.1, -0.05) is 0 Å².